The Kier molecular flexibility index (Phi) is 3.13. The Balaban J connectivity index is 1.43. The van der Waals surface area contributed by atoms with Crippen LogP contribution in [0.5, 0.6) is 0 Å². The van der Waals surface area contributed by atoms with Crippen LogP contribution in [0.4, 0.5) is 0 Å². The minimum absolute atomic E-state index is 0.406. The molecule has 1 aliphatic heterocycles. The molecule has 2 aliphatic rings. The summed E-state index contributed by atoms with van der Waals surface area (Å²) in [5, 5.41) is 6.26. The van der Waals surface area contributed by atoms with Crippen LogP contribution in [-0.2, 0) is 6.54 Å². The molecule has 0 radical (unpaired) electrons. The molecule has 2 N–H and O–H groups in total. The second-order valence-corrected chi connectivity index (χ2v) is 6.97. The molecule has 5 heteroatoms. The number of rotatable bonds is 3. The summed E-state index contributed by atoms with van der Waals surface area (Å²) in [5.74, 6) is 2.37. The maximum Gasteiger partial charge on any atom is 0.177 e. The Labute approximate surface area is 122 Å². The standard InChI is InChI=1S/C15H19N3OS/c16-13-4-3-10-7-18(9-12(10)13)8-11-6-14(19-17-11)15-2-1-5-20-15/h1-2,5-6,10,12-13H,3-4,7-9,16H2. The molecule has 1 saturated heterocycles. The zero-order chi connectivity index (χ0) is 13.5. The van der Waals surface area contributed by atoms with Crippen molar-refractivity contribution in [3.63, 3.8) is 0 Å². The molecule has 20 heavy (non-hydrogen) atoms. The van der Waals surface area contributed by atoms with Gasteiger partial charge in [-0.25, -0.2) is 0 Å². The molecule has 2 aromatic heterocycles. The highest BCUT2D eigenvalue weighted by Gasteiger charge is 2.40. The van der Waals surface area contributed by atoms with Crippen molar-refractivity contribution in [3.05, 3.63) is 29.3 Å². The van der Waals surface area contributed by atoms with Gasteiger partial charge in [-0.05, 0) is 36.1 Å². The fourth-order valence-electron chi connectivity index (χ4n) is 3.68. The first-order valence-corrected chi connectivity index (χ1v) is 8.15. The Morgan fingerprint density at radius 3 is 3.15 bits per heavy atom. The number of nitrogens with two attached hydrogens (primary N) is 1. The summed E-state index contributed by atoms with van der Waals surface area (Å²) in [7, 11) is 0. The molecule has 4 rings (SSSR count). The number of nitrogens with zero attached hydrogens (tertiary/aromatic N) is 2. The second-order valence-electron chi connectivity index (χ2n) is 6.02. The van der Waals surface area contributed by atoms with Crippen LogP contribution in [0.2, 0.25) is 0 Å². The van der Waals surface area contributed by atoms with E-state index in [2.05, 4.69) is 27.6 Å². The van der Waals surface area contributed by atoms with Crippen molar-refractivity contribution in [3.8, 4) is 10.6 Å². The molecule has 0 bridgehead atoms. The smallest absolute Gasteiger partial charge is 0.177 e. The van der Waals surface area contributed by atoms with E-state index in [1.54, 1.807) is 11.3 Å². The number of hydrogen-bond donors (Lipinski definition) is 1. The van der Waals surface area contributed by atoms with Crippen molar-refractivity contribution in [2.45, 2.75) is 25.4 Å². The van der Waals surface area contributed by atoms with Crippen molar-refractivity contribution < 1.29 is 4.52 Å². The van der Waals surface area contributed by atoms with E-state index in [9.17, 15) is 0 Å². The van der Waals surface area contributed by atoms with Crippen LogP contribution in [0, 0.1) is 11.8 Å². The van der Waals surface area contributed by atoms with Crippen LogP contribution < -0.4 is 5.73 Å². The lowest BCUT2D eigenvalue weighted by Crippen LogP contribution is -2.30. The van der Waals surface area contributed by atoms with Gasteiger partial charge in [0.15, 0.2) is 5.76 Å². The van der Waals surface area contributed by atoms with E-state index >= 15 is 0 Å². The fourth-order valence-corrected chi connectivity index (χ4v) is 4.35. The monoisotopic (exact) mass is 289 g/mol. The molecule has 2 fully saturated rings. The van der Waals surface area contributed by atoms with Gasteiger partial charge in [0, 0.05) is 31.7 Å². The van der Waals surface area contributed by atoms with Gasteiger partial charge in [-0.15, -0.1) is 11.3 Å². The van der Waals surface area contributed by atoms with Gasteiger partial charge < -0.3 is 10.3 Å². The van der Waals surface area contributed by atoms with Gasteiger partial charge in [-0.3, -0.25) is 4.90 Å². The number of aromatic nitrogens is 1. The molecule has 2 aromatic rings. The summed E-state index contributed by atoms with van der Waals surface area (Å²) >= 11 is 1.68. The minimum Gasteiger partial charge on any atom is -0.355 e. The van der Waals surface area contributed by atoms with Gasteiger partial charge in [-0.1, -0.05) is 11.2 Å². The molecule has 3 unspecified atom stereocenters. The first-order valence-electron chi connectivity index (χ1n) is 7.27. The minimum atomic E-state index is 0.406. The zero-order valence-corrected chi connectivity index (χ0v) is 12.2. The first kappa shape index (κ1) is 12.6. The summed E-state index contributed by atoms with van der Waals surface area (Å²) in [5.41, 5.74) is 7.21. The molecule has 4 nitrogen and oxygen atoms in total. The third kappa shape index (κ3) is 2.20. The number of likely N-dealkylation sites (tertiary alicyclic amines) is 1. The Morgan fingerprint density at radius 1 is 1.40 bits per heavy atom. The molecular formula is C15H19N3OS. The van der Waals surface area contributed by atoms with Gasteiger partial charge >= 0.3 is 0 Å². The number of hydrogen-bond acceptors (Lipinski definition) is 5. The molecule has 1 saturated carbocycles. The number of thiophene rings is 1. The van der Waals surface area contributed by atoms with Crippen LogP contribution in [0.3, 0.4) is 0 Å². The van der Waals surface area contributed by atoms with Crippen LogP contribution in [0.1, 0.15) is 18.5 Å². The molecule has 106 valence electrons. The van der Waals surface area contributed by atoms with Crippen LogP contribution in [0.25, 0.3) is 10.6 Å². The largest absolute Gasteiger partial charge is 0.355 e. The quantitative estimate of drug-likeness (QED) is 0.943. The molecule has 0 aromatic carbocycles. The van der Waals surface area contributed by atoms with Crippen molar-refractivity contribution in [2.24, 2.45) is 17.6 Å². The Bertz CT molecular complexity index is 580. The summed E-state index contributed by atoms with van der Waals surface area (Å²) in [6.07, 6.45) is 2.50. The normalized spacial score (nSPS) is 29.9. The maximum absolute atomic E-state index is 6.18. The zero-order valence-electron chi connectivity index (χ0n) is 11.4. The van der Waals surface area contributed by atoms with Crippen molar-refractivity contribution >= 4 is 11.3 Å². The SMILES string of the molecule is NC1CCC2CN(Cc3cc(-c4cccs4)on3)CC12. The fraction of sp³-hybridized carbons (Fsp3) is 0.533. The highest BCUT2D eigenvalue weighted by molar-refractivity contribution is 7.13. The molecule has 0 amide bonds. The van der Waals surface area contributed by atoms with E-state index in [-0.39, 0.29) is 0 Å². The highest BCUT2D eigenvalue weighted by Crippen LogP contribution is 2.37. The van der Waals surface area contributed by atoms with Gasteiger partial charge in [0.25, 0.3) is 0 Å². The predicted octanol–water partition coefficient (Wildman–Crippen LogP) is 2.57. The molecule has 0 spiro atoms. The summed E-state index contributed by atoms with van der Waals surface area (Å²) in [6, 6.07) is 6.57. The predicted molar refractivity (Wildman–Crippen MR) is 79.3 cm³/mol. The average molecular weight is 289 g/mol. The van der Waals surface area contributed by atoms with E-state index in [0.717, 1.165) is 35.3 Å². The van der Waals surface area contributed by atoms with Crippen molar-refractivity contribution in [2.75, 3.05) is 13.1 Å². The molecule has 1 aliphatic carbocycles. The van der Waals surface area contributed by atoms with Gasteiger partial charge in [0.05, 0.1) is 10.6 Å². The van der Waals surface area contributed by atoms with Crippen molar-refractivity contribution in [1.82, 2.24) is 10.1 Å². The second kappa shape index (κ2) is 4.98. The van der Waals surface area contributed by atoms with E-state index in [1.807, 2.05) is 6.07 Å². The Hall–Kier alpha value is -1.17. The summed E-state index contributed by atoms with van der Waals surface area (Å²) in [6.45, 7) is 3.17. The first-order chi connectivity index (χ1) is 9.79. The van der Waals surface area contributed by atoms with Crippen LogP contribution >= 0.6 is 11.3 Å². The lowest BCUT2D eigenvalue weighted by atomic mass is 9.98. The Morgan fingerprint density at radius 2 is 2.35 bits per heavy atom. The third-order valence-electron chi connectivity index (χ3n) is 4.70. The molecule has 3 atom stereocenters. The molecule has 3 heterocycles. The van der Waals surface area contributed by atoms with Gasteiger partial charge in [-0.2, -0.15) is 0 Å². The van der Waals surface area contributed by atoms with E-state index in [1.165, 1.54) is 19.4 Å². The molecular weight excluding hydrogens is 270 g/mol. The van der Waals surface area contributed by atoms with E-state index in [0.29, 0.717) is 12.0 Å². The van der Waals surface area contributed by atoms with Crippen LogP contribution in [0.15, 0.2) is 28.1 Å². The average Bonchev–Trinajstić information content (AvgIpc) is 3.17. The van der Waals surface area contributed by atoms with Crippen molar-refractivity contribution in [1.29, 1.82) is 0 Å². The third-order valence-corrected chi connectivity index (χ3v) is 5.58. The summed E-state index contributed by atoms with van der Waals surface area (Å²) in [4.78, 5) is 3.62. The van der Waals surface area contributed by atoms with E-state index in [4.69, 9.17) is 10.3 Å². The van der Waals surface area contributed by atoms with E-state index < -0.39 is 0 Å². The topological polar surface area (TPSA) is 55.3 Å². The van der Waals surface area contributed by atoms with Crippen LogP contribution in [-0.4, -0.2) is 29.2 Å². The van der Waals surface area contributed by atoms with Gasteiger partial charge in [0.1, 0.15) is 0 Å². The highest BCUT2D eigenvalue weighted by atomic mass is 32.1. The lowest BCUT2D eigenvalue weighted by Gasteiger charge is -2.16. The maximum atomic E-state index is 6.18. The lowest BCUT2D eigenvalue weighted by molar-refractivity contribution is 0.287. The summed E-state index contributed by atoms with van der Waals surface area (Å²) < 4.78 is 5.44. The van der Waals surface area contributed by atoms with Gasteiger partial charge in [0.2, 0.25) is 0 Å². The number of fused-ring (bicyclic) bond motifs is 1.